The van der Waals surface area contributed by atoms with Crippen molar-refractivity contribution in [1.82, 2.24) is 0 Å². The van der Waals surface area contributed by atoms with Crippen molar-refractivity contribution in [3.63, 3.8) is 0 Å². The van der Waals surface area contributed by atoms with E-state index in [1.165, 1.54) is 40.2 Å². The number of ketones is 1. The second-order valence-electron chi connectivity index (χ2n) is 8.77. The summed E-state index contributed by atoms with van der Waals surface area (Å²) < 4.78 is 21.8. The Morgan fingerprint density at radius 1 is 0.879 bits per heavy atom. The zero-order chi connectivity index (χ0) is 24.0. The van der Waals surface area contributed by atoms with Crippen molar-refractivity contribution >= 4 is 17.7 Å². The Kier molecular flexibility index (Phi) is 5.56. The van der Waals surface area contributed by atoms with Crippen LogP contribution >= 0.6 is 0 Å². The number of para-hydroxylation sites is 1. The summed E-state index contributed by atoms with van der Waals surface area (Å²) in [4.78, 5) is 40.4. The van der Waals surface area contributed by atoms with Crippen molar-refractivity contribution in [1.29, 1.82) is 0 Å². The van der Waals surface area contributed by atoms with Crippen LogP contribution in [0.5, 0.6) is 17.2 Å². The number of Topliss-reactive ketones (excluding diaryl/α,β-unsaturated/α-hetero) is 1. The Labute approximate surface area is 191 Å². The summed E-state index contributed by atoms with van der Waals surface area (Å²) in [5, 5.41) is 10.4. The van der Waals surface area contributed by atoms with E-state index in [-0.39, 0.29) is 30.1 Å². The molecule has 2 aromatic carbocycles. The van der Waals surface area contributed by atoms with Gasteiger partial charge in [-0.25, -0.2) is 0 Å². The molecule has 2 fully saturated rings. The Bertz CT molecular complexity index is 1100. The van der Waals surface area contributed by atoms with Gasteiger partial charge in [-0.15, -0.1) is 0 Å². The Morgan fingerprint density at radius 3 is 2.09 bits per heavy atom. The number of rotatable bonds is 4. The van der Waals surface area contributed by atoms with Crippen LogP contribution in [0.4, 0.5) is 0 Å². The highest BCUT2D eigenvalue weighted by Gasteiger charge is 2.67. The molecule has 174 valence electrons. The van der Waals surface area contributed by atoms with Gasteiger partial charge in [-0.05, 0) is 29.3 Å². The van der Waals surface area contributed by atoms with Gasteiger partial charge in [-0.2, -0.15) is 0 Å². The molecule has 8 heteroatoms. The quantitative estimate of drug-likeness (QED) is 0.553. The zero-order valence-electron chi connectivity index (χ0n) is 18.9. The van der Waals surface area contributed by atoms with Gasteiger partial charge in [0.1, 0.15) is 11.5 Å². The Balaban J connectivity index is 1.97. The summed E-state index contributed by atoms with van der Waals surface area (Å²) in [6.45, 7) is 2.96. The van der Waals surface area contributed by atoms with Crippen LogP contribution < -0.4 is 9.47 Å². The largest absolute Gasteiger partial charge is 0.504 e. The third-order valence-electron chi connectivity index (χ3n) is 6.44. The normalized spacial score (nSPS) is 23.6. The number of hydrogen-bond acceptors (Lipinski definition) is 8. The van der Waals surface area contributed by atoms with Crippen LogP contribution in [0.25, 0.3) is 0 Å². The highest BCUT2D eigenvalue weighted by molar-refractivity contribution is 6.06. The van der Waals surface area contributed by atoms with Crippen LogP contribution in [0, 0.1) is 5.41 Å². The molecule has 1 aliphatic heterocycles. The minimum atomic E-state index is -1.85. The van der Waals surface area contributed by atoms with E-state index in [2.05, 4.69) is 0 Å². The molecular formula is C25H26O8. The molecule has 2 atom stereocenters. The molecule has 0 radical (unpaired) electrons. The smallest absolute Gasteiger partial charge is 0.328 e. The van der Waals surface area contributed by atoms with E-state index in [9.17, 15) is 19.5 Å². The van der Waals surface area contributed by atoms with Crippen LogP contribution in [0.15, 0.2) is 42.5 Å². The number of ether oxygens (including phenoxy) is 4. The average molecular weight is 454 g/mol. The molecule has 33 heavy (non-hydrogen) atoms. The van der Waals surface area contributed by atoms with Gasteiger partial charge in [0.25, 0.3) is 5.79 Å². The monoisotopic (exact) mass is 454 g/mol. The molecule has 0 unspecified atom stereocenters. The number of carbonyl (C=O) groups is 3. The number of carbonyl (C=O) groups excluding carboxylic acids is 3. The number of aromatic hydroxyl groups is 1. The maximum Gasteiger partial charge on any atom is 0.328 e. The van der Waals surface area contributed by atoms with Crippen LogP contribution in [-0.4, -0.2) is 42.8 Å². The van der Waals surface area contributed by atoms with Crippen LogP contribution in [0.2, 0.25) is 0 Å². The van der Waals surface area contributed by atoms with Crippen molar-refractivity contribution in [3.05, 3.63) is 53.6 Å². The lowest BCUT2D eigenvalue weighted by molar-refractivity contribution is -0.256. The standard InChI is InChI=1S/C25H26O8/c1-24(2)32-22(28)25(23(29)33-24)17(14-9-10-21(31-4)19(27)11-14)12-15(26)13-18(25)16-7-5-6-8-20(16)30-3/h5-11,17-18,27H,12-13H2,1-4H3/t17-,18+/m0/s1. The summed E-state index contributed by atoms with van der Waals surface area (Å²) >= 11 is 0. The number of phenolic OH excluding ortho intramolecular Hbond substituents is 1. The van der Waals surface area contributed by atoms with Gasteiger partial charge in [-0.1, -0.05) is 24.3 Å². The highest BCUT2D eigenvalue weighted by atomic mass is 16.7. The first-order chi connectivity index (χ1) is 15.6. The number of hydrogen-bond donors (Lipinski definition) is 1. The molecule has 1 aliphatic carbocycles. The molecule has 1 saturated carbocycles. The zero-order valence-corrected chi connectivity index (χ0v) is 18.9. The fourth-order valence-electron chi connectivity index (χ4n) is 5.01. The minimum Gasteiger partial charge on any atom is -0.504 e. The van der Waals surface area contributed by atoms with E-state index in [0.717, 1.165) is 0 Å². The highest BCUT2D eigenvalue weighted by Crippen LogP contribution is 2.59. The molecule has 2 aromatic rings. The van der Waals surface area contributed by atoms with Gasteiger partial charge >= 0.3 is 11.9 Å². The van der Waals surface area contributed by atoms with Crippen LogP contribution in [-0.2, 0) is 23.9 Å². The first-order valence-electron chi connectivity index (χ1n) is 10.6. The molecule has 4 rings (SSSR count). The number of esters is 2. The van der Waals surface area contributed by atoms with Crippen LogP contribution in [0.3, 0.4) is 0 Å². The molecule has 2 aliphatic rings. The lowest BCUT2D eigenvalue weighted by Gasteiger charge is -2.50. The van der Waals surface area contributed by atoms with Crippen molar-refractivity contribution in [3.8, 4) is 17.2 Å². The average Bonchev–Trinajstić information content (AvgIpc) is 2.76. The molecule has 1 spiro atoms. The predicted octanol–water partition coefficient (Wildman–Crippen LogP) is 3.46. The number of cyclic esters (lactones) is 2. The summed E-state index contributed by atoms with van der Waals surface area (Å²) in [5.41, 5.74) is -0.890. The lowest BCUT2D eigenvalue weighted by Crippen LogP contribution is -2.61. The second kappa shape index (κ2) is 8.10. The molecule has 1 N–H and O–H groups in total. The second-order valence-corrected chi connectivity index (χ2v) is 8.77. The third kappa shape index (κ3) is 3.59. The van der Waals surface area contributed by atoms with Gasteiger partial charge in [0.15, 0.2) is 16.9 Å². The van der Waals surface area contributed by atoms with Crippen molar-refractivity contribution in [2.24, 2.45) is 5.41 Å². The number of methoxy groups -OCH3 is 2. The van der Waals surface area contributed by atoms with Crippen molar-refractivity contribution in [2.45, 2.75) is 44.3 Å². The first-order valence-corrected chi connectivity index (χ1v) is 10.6. The summed E-state index contributed by atoms with van der Waals surface area (Å²) in [7, 11) is 2.89. The SMILES string of the molecule is COc1ccc([C@@H]2CC(=O)C[C@H](c3ccccc3OC)C23C(=O)OC(C)(C)OC3=O)cc1O. The van der Waals surface area contributed by atoms with Crippen molar-refractivity contribution in [2.75, 3.05) is 14.2 Å². The minimum absolute atomic E-state index is 0.0658. The van der Waals surface area contributed by atoms with Gasteiger partial charge in [0.2, 0.25) is 0 Å². The van der Waals surface area contributed by atoms with E-state index in [1.54, 1.807) is 30.3 Å². The van der Waals surface area contributed by atoms with Crippen LogP contribution in [0.1, 0.15) is 49.7 Å². The number of benzene rings is 2. The molecule has 0 bridgehead atoms. The fourth-order valence-corrected chi connectivity index (χ4v) is 5.01. The summed E-state index contributed by atoms with van der Waals surface area (Å²) in [5.74, 6) is -4.44. The molecule has 1 heterocycles. The molecule has 8 nitrogen and oxygen atoms in total. The maximum atomic E-state index is 13.7. The predicted molar refractivity (Wildman–Crippen MR) is 116 cm³/mol. The van der Waals surface area contributed by atoms with Gasteiger partial charge in [0.05, 0.1) is 14.2 Å². The Morgan fingerprint density at radius 2 is 1.48 bits per heavy atom. The van der Waals surface area contributed by atoms with E-state index in [4.69, 9.17) is 18.9 Å². The summed E-state index contributed by atoms with van der Waals surface area (Å²) in [6, 6.07) is 11.5. The number of phenols is 1. The Hall–Kier alpha value is -3.55. The summed E-state index contributed by atoms with van der Waals surface area (Å²) in [6.07, 6.45) is -0.161. The molecule has 0 amide bonds. The molecule has 1 saturated heterocycles. The van der Waals surface area contributed by atoms with Gasteiger partial charge in [-0.3, -0.25) is 14.4 Å². The van der Waals surface area contributed by atoms with Gasteiger partial charge in [0, 0.05) is 38.5 Å². The van der Waals surface area contributed by atoms with E-state index in [1.807, 2.05) is 0 Å². The van der Waals surface area contributed by atoms with E-state index in [0.29, 0.717) is 16.9 Å². The van der Waals surface area contributed by atoms with E-state index >= 15 is 0 Å². The fraction of sp³-hybridized carbons (Fsp3) is 0.400. The molecule has 0 aromatic heterocycles. The van der Waals surface area contributed by atoms with E-state index < -0.39 is 35.0 Å². The van der Waals surface area contributed by atoms with Gasteiger partial charge < -0.3 is 24.1 Å². The topological polar surface area (TPSA) is 108 Å². The first kappa shape index (κ1) is 22.6. The molecular weight excluding hydrogens is 428 g/mol. The lowest BCUT2D eigenvalue weighted by atomic mass is 9.55. The maximum absolute atomic E-state index is 13.7. The third-order valence-corrected chi connectivity index (χ3v) is 6.44. The van der Waals surface area contributed by atoms with Crippen molar-refractivity contribution < 1.29 is 38.4 Å².